The third-order valence-electron chi connectivity index (χ3n) is 4.66. The van der Waals surface area contributed by atoms with Gasteiger partial charge in [-0.05, 0) is 48.6 Å². The minimum Gasteiger partial charge on any atom is -0.491 e. The summed E-state index contributed by atoms with van der Waals surface area (Å²) in [6, 6.07) is 9.49. The molecule has 8 nitrogen and oxygen atoms in total. The van der Waals surface area contributed by atoms with Crippen LogP contribution in [-0.4, -0.2) is 35.5 Å². The van der Waals surface area contributed by atoms with Crippen molar-refractivity contribution in [1.29, 1.82) is 0 Å². The van der Waals surface area contributed by atoms with E-state index in [-0.39, 0.29) is 24.8 Å². The predicted octanol–water partition coefficient (Wildman–Crippen LogP) is 4.10. The number of rotatable bonds is 11. The molecule has 2 aromatic carbocycles. The molecule has 10 heteroatoms. The van der Waals surface area contributed by atoms with Crippen LogP contribution in [0, 0.1) is 17.6 Å². The summed E-state index contributed by atoms with van der Waals surface area (Å²) < 4.78 is 37.9. The van der Waals surface area contributed by atoms with E-state index in [1.807, 2.05) is 6.92 Å². The topological polar surface area (TPSA) is 117 Å². The van der Waals surface area contributed by atoms with E-state index in [4.69, 9.17) is 19.8 Å². The first-order valence-electron chi connectivity index (χ1n) is 10.2. The molecule has 0 aliphatic rings. The zero-order valence-electron chi connectivity index (χ0n) is 18.0. The molecule has 33 heavy (non-hydrogen) atoms. The number of nitrogens with one attached hydrogen (secondary N) is 2. The van der Waals surface area contributed by atoms with Gasteiger partial charge in [0.05, 0.1) is 12.3 Å². The fraction of sp³-hybridized carbons (Fsp3) is 0.304. The summed E-state index contributed by atoms with van der Waals surface area (Å²) >= 11 is 0. The van der Waals surface area contributed by atoms with E-state index in [1.54, 1.807) is 30.3 Å². The Kier molecular flexibility index (Phi) is 10.3. The van der Waals surface area contributed by atoms with Gasteiger partial charge in [0, 0.05) is 12.1 Å². The number of hydroxylamine groups is 1. The van der Waals surface area contributed by atoms with E-state index in [9.17, 15) is 18.4 Å². The molecule has 4 N–H and O–H groups in total. The Morgan fingerprint density at radius 2 is 1.88 bits per heavy atom. The van der Waals surface area contributed by atoms with Crippen molar-refractivity contribution in [2.45, 2.75) is 25.9 Å². The van der Waals surface area contributed by atoms with Crippen LogP contribution in [0.5, 0.6) is 5.75 Å². The molecule has 178 valence electrons. The summed E-state index contributed by atoms with van der Waals surface area (Å²) in [4.78, 5) is 23.5. The summed E-state index contributed by atoms with van der Waals surface area (Å²) in [6.07, 6.45) is 2.06. The number of carbonyl (C=O) groups excluding carboxylic acids is 2. The molecule has 0 unspecified atom stereocenters. The first kappa shape index (κ1) is 25.8. The highest BCUT2D eigenvalue weighted by Crippen LogP contribution is 2.31. The third kappa shape index (κ3) is 8.51. The fourth-order valence-electron chi connectivity index (χ4n) is 3.01. The maximum absolute atomic E-state index is 13.9. The van der Waals surface area contributed by atoms with Gasteiger partial charge in [0.25, 0.3) is 5.91 Å². The summed E-state index contributed by atoms with van der Waals surface area (Å²) in [6.45, 7) is 1.84. The minimum atomic E-state index is -0.936. The Labute approximate surface area is 189 Å². The van der Waals surface area contributed by atoms with Crippen LogP contribution in [-0.2, 0) is 9.53 Å². The van der Waals surface area contributed by atoms with E-state index in [1.165, 1.54) is 11.6 Å². The number of ether oxygens (including phenoxy) is 2. The van der Waals surface area contributed by atoms with Gasteiger partial charge in [0.2, 0.25) is 0 Å². The number of allylic oxidation sites excluding steroid dienone is 1. The average molecular weight is 464 g/mol. The third-order valence-corrected chi connectivity index (χ3v) is 4.66. The zero-order chi connectivity index (χ0) is 24.2. The number of amides is 2. The smallest absolute Gasteiger partial charge is 0.412 e. The van der Waals surface area contributed by atoms with Crippen LogP contribution in [0.1, 0.15) is 31.4 Å². The first-order chi connectivity index (χ1) is 15.8. The lowest BCUT2D eigenvalue weighted by molar-refractivity contribution is -0.124. The monoisotopic (exact) mass is 464 g/mol. The van der Waals surface area contributed by atoms with Crippen molar-refractivity contribution in [2.75, 3.05) is 18.5 Å². The van der Waals surface area contributed by atoms with E-state index in [0.717, 1.165) is 12.1 Å². The molecule has 0 aromatic heterocycles. The highest BCUT2D eigenvalue weighted by atomic mass is 19.1. The molecule has 0 aliphatic heterocycles. The maximum Gasteiger partial charge on any atom is 0.412 e. The van der Waals surface area contributed by atoms with Crippen LogP contribution in [0.3, 0.4) is 0 Å². The molecule has 0 bridgehead atoms. The quantitative estimate of drug-likeness (QED) is 0.226. The number of benzene rings is 2. The molecule has 2 rings (SSSR count). The lowest BCUT2D eigenvalue weighted by Crippen LogP contribution is -2.22. The van der Waals surface area contributed by atoms with Crippen molar-refractivity contribution < 1.29 is 38.2 Å². The predicted molar refractivity (Wildman–Crippen MR) is 116 cm³/mol. The van der Waals surface area contributed by atoms with Crippen molar-refractivity contribution in [2.24, 2.45) is 5.92 Å². The molecular formula is C23H26F2N2O6. The number of halogens is 2. The van der Waals surface area contributed by atoms with Gasteiger partial charge < -0.3 is 14.6 Å². The van der Waals surface area contributed by atoms with E-state index < -0.39 is 29.7 Å². The molecule has 0 saturated carbocycles. The Morgan fingerprint density at radius 1 is 1.15 bits per heavy atom. The number of aliphatic hydroxyl groups excluding tert-OH is 1. The Balaban J connectivity index is 2.13. The lowest BCUT2D eigenvalue weighted by atomic mass is 9.93. The van der Waals surface area contributed by atoms with Crippen molar-refractivity contribution in [3.8, 4) is 5.75 Å². The second-order valence-corrected chi connectivity index (χ2v) is 7.15. The molecule has 0 saturated heterocycles. The Bertz CT molecular complexity index is 952. The summed E-state index contributed by atoms with van der Waals surface area (Å²) in [5.74, 6) is -2.07. The number of hydrogen-bond donors (Lipinski definition) is 4. The lowest BCUT2D eigenvalue weighted by Gasteiger charge is -2.25. The number of hydrogen-bond acceptors (Lipinski definition) is 6. The number of aliphatic hydroxyl groups is 1. The normalized spacial score (nSPS) is 12.8. The van der Waals surface area contributed by atoms with Crippen molar-refractivity contribution in [1.82, 2.24) is 5.48 Å². The van der Waals surface area contributed by atoms with Gasteiger partial charge in [0.15, 0.2) is 0 Å². The Hall–Kier alpha value is -3.50. The van der Waals surface area contributed by atoms with E-state index >= 15 is 0 Å². The van der Waals surface area contributed by atoms with Crippen LogP contribution in [0.2, 0.25) is 0 Å². The second kappa shape index (κ2) is 13.1. The zero-order valence-corrected chi connectivity index (χ0v) is 18.0. The van der Waals surface area contributed by atoms with Gasteiger partial charge in [-0.15, -0.1) is 0 Å². The fourth-order valence-corrected chi connectivity index (χ4v) is 3.01. The van der Waals surface area contributed by atoms with Crippen molar-refractivity contribution in [3.05, 3.63) is 71.8 Å². The average Bonchev–Trinajstić information content (AvgIpc) is 2.80. The van der Waals surface area contributed by atoms with Gasteiger partial charge in [-0.3, -0.25) is 15.3 Å². The van der Waals surface area contributed by atoms with Gasteiger partial charge in [-0.1, -0.05) is 25.1 Å². The molecule has 0 spiro atoms. The largest absolute Gasteiger partial charge is 0.491 e. The van der Waals surface area contributed by atoms with Crippen LogP contribution in [0.15, 0.2) is 54.6 Å². The molecule has 2 amide bonds. The highest BCUT2D eigenvalue weighted by Gasteiger charge is 2.24. The molecule has 0 fully saturated rings. The maximum atomic E-state index is 13.9. The molecule has 2 atom stereocenters. The summed E-state index contributed by atoms with van der Waals surface area (Å²) in [5, 5.41) is 19.7. The minimum absolute atomic E-state index is 0.132. The van der Waals surface area contributed by atoms with Crippen LogP contribution in [0.25, 0.3) is 0 Å². The summed E-state index contributed by atoms with van der Waals surface area (Å²) in [5.41, 5.74) is 1.91. The van der Waals surface area contributed by atoms with Crippen LogP contribution in [0.4, 0.5) is 19.3 Å². The molecular weight excluding hydrogens is 438 g/mol. The Morgan fingerprint density at radius 3 is 2.52 bits per heavy atom. The van der Waals surface area contributed by atoms with E-state index in [2.05, 4.69) is 5.32 Å². The highest BCUT2D eigenvalue weighted by molar-refractivity contribution is 5.86. The standard InChI is InChI=1S/C23H26F2N2O6/c1-15(4-2-3-5-21(29)27-31)22(16-6-9-18(10-7-16)32-13-12-28)33-23(30)26-20-11-8-17(24)14-19(20)25/h3,5-11,14-15,22,28,31H,2,4,12-13H2,1H3,(H,26,30)(H,27,29)/b5-3+/t15-,22+/m0/s1. The van der Waals surface area contributed by atoms with Gasteiger partial charge in [-0.2, -0.15) is 0 Å². The molecule has 0 heterocycles. The summed E-state index contributed by atoms with van der Waals surface area (Å²) in [7, 11) is 0. The van der Waals surface area contributed by atoms with Crippen molar-refractivity contribution >= 4 is 17.7 Å². The van der Waals surface area contributed by atoms with Crippen LogP contribution >= 0.6 is 0 Å². The van der Waals surface area contributed by atoms with E-state index in [0.29, 0.717) is 30.2 Å². The SMILES string of the molecule is C[C@@H](CC/C=C/C(=O)NO)[C@@H](OC(=O)Nc1ccc(F)cc1F)c1ccc(OCCO)cc1. The molecule has 0 radical (unpaired) electrons. The number of carbonyl (C=O) groups is 2. The molecule has 0 aliphatic carbocycles. The van der Waals surface area contributed by atoms with Gasteiger partial charge in [-0.25, -0.2) is 19.1 Å². The number of anilines is 1. The first-order valence-corrected chi connectivity index (χ1v) is 10.2. The second-order valence-electron chi connectivity index (χ2n) is 7.15. The van der Waals surface area contributed by atoms with Crippen molar-refractivity contribution in [3.63, 3.8) is 0 Å². The van der Waals surface area contributed by atoms with Gasteiger partial charge in [0.1, 0.15) is 30.1 Å². The van der Waals surface area contributed by atoms with Crippen LogP contribution < -0.4 is 15.5 Å². The van der Waals surface area contributed by atoms with Gasteiger partial charge >= 0.3 is 6.09 Å². The molecule has 2 aromatic rings.